The van der Waals surface area contributed by atoms with E-state index in [4.69, 9.17) is 9.15 Å². The first-order valence-corrected chi connectivity index (χ1v) is 7.13. The highest BCUT2D eigenvalue weighted by molar-refractivity contribution is 9.10. The van der Waals surface area contributed by atoms with Crippen LogP contribution in [-0.4, -0.2) is 18.0 Å². The van der Waals surface area contributed by atoms with Crippen LogP contribution in [0.15, 0.2) is 51.6 Å². The molecule has 21 heavy (non-hydrogen) atoms. The second-order valence-electron chi connectivity index (χ2n) is 4.35. The van der Waals surface area contributed by atoms with Crippen molar-refractivity contribution < 1.29 is 18.7 Å². The average Bonchev–Trinajstić information content (AvgIpc) is 2.92. The van der Waals surface area contributed by atoms with Crippen LogP contribution in [0.1, 0.15) is 23.0 Å². The lowest BCUT2D eigenvalue weighted by Crippen LogP contribution is -2.35. The Hall–Kier alpha value is -2.08. The predicted octanol–water partition coefficient (Wildman–Crippen LogP) is 2.90. The molecule has 0 aliphatic carbocycles. The fourth-order valence-electron chi connectivity index (χ4n) is 1.62. The predicted molar refractivity (Wildman–Crippen MR) is 79.6 cm³/mol. The molecular formula is C15H14BrNO4. The van der Waals surface area contributed by atoms with Crippen molar-refractivity contribution >= 4 is 27.8 Å². The highest BCUT2D eigenvalue weighted by Crippen LogP contribution is 2.15. The molecular weight excluding hydrogens is 338 g/mol. The summed E-state index contributed by atoms with van der Waals surface area (Å²) in [5.41, 5.74) is 0.972. The van der Waals surface area contributed by atoms with Crippen LogP contribution in [0.4, 0.5) is 0 Å². The standard InChI is InChI=1S/C15H14BrNO4/c1-10(20-15(19)12-7-8-13(16)21-12)14(18)17-9-11-5-3-2-4-6-11/h2-8,10H,9H2,1H3,(H,17,18). The van der Waals surface area contributed by atoms with E-state index in [1.165, 1.54) is 13.0 Å². The number of nitrogens with one attached hydrogen (secondary N) is 1. The fourth-order valence-corrected chi connectivity index (χ4v) is 1.93. The van der Waals surface area contributed by atoms with Crippen molar-refractivity contribution in [2.75, 3.05) is 0 Å². The third-order valence-electron chi connectivity index (χ3n) is 2.74. The molecule has 1 unspecified atom stereocenters. The molecule has 0 radical (unpaired) electrons. The van der Waals surface area contributed by atoms with Crippen molar-refractivity contribution in [3.8, 4) is 0 Å². The van der Waals surface area contributed by atoms with E-state index in [1.54, 1.807) is 6.07 Å². The first-order chi connectivity index (χ1) is 10.1. The number of ether oxygens (including phenoxy) is 1. The van der Waals surface area contributed by atoms with Gasteiger partial charge in [-0.3, -0.25) is 4.79 Å². The van der Waals surface area contributed by atoms with Gasteiger partial charge in [-0.1, -0.05) is 30.3 Å². The van der Waals surface area contributed by atoms with Crippen LogP contribution >= 0.6 is 15.9 Å². The molecule has 0 saturated heterocycles. The van der Waals surface area contributed by atoms with Gasteiger partial charge < -0.3 is 14.5 Å². The van der Waals surface area contributed by atoms with E-state index in [0.29, 0.717) is 11.2 Å². The molecule has 1 heterocycles. The quantitative estimate of drug-likeness (QED) is 0.841. The minimum absolute atomic E-state index is 0.0459. The van der Waals surface area contributed by atoms with Crippen LogP contribution in [0.3, 0.4) is 0 Å². The summed E-state index contributed by atoms with van der Waals surface area (Å²) in [6.45, 7) is 1.89. The lowest BCUT2D eigenvalue weighted by atomic mass is 10.2. The Balaban J connectivity index is 1.83. The van der Waals surface area contributed by atoms with Crippen molar-refractivity contribution in [2.45, 2.75) is 19.6 Å². The third kappa shape index (κ3) is 4.46. The molecule has 1 aromatic heterocycles. The molecule has 1 aromatic carbocycles. The van der Waals surface area contributed by atoms with E-state index in [-0.39, 0.29) is 11.7 Å². The summed E-state index contributed by atoms with van der Waals surface area (Å²) in [5.74, 6) is -0.995. The largest absolute Gasteiger partial charge is 0.447 e. The number of furan rings is 1. The number of benzene rings is 1. The molecule has 1 amide bonds. The molecule has 0 spiro atoms. The fraction of sp³-hybridized carbons (Fsp3) is 0.200. The number of rotatable bonds is 5. The molecule has 0 aliphatic heterocycles. The van der Waals surface area contributed by atoms with Crippen LogP contribution in [0.2, 0.25) is 0 Å². The molecule has 1 atom stereocenters. The molecule has 5 nitrogen and oxygen atoms in total. The summed E-state index contributed by atoms with van der Waals surface area (Å²) in [4.78, 5) is 23.6. The van der Waals surface area contributed by atoms with Crippen LogP contribution in [0.25, 0.3) is 0 Å². The minimum atomic E-state index is -0.898. The summed E-state index contributed by atoms with van der Waals surface area (Å²) >= 11 is 3.09. The second-order valence-corrected chi connectivity index (χ2v) is 5.14. The van der Waals surface area contributed by atoms with E-state index >= 15 is 0 Å². The van der Waals surface area contributed by atoms with Gasteiger partial charge in [-0.05, 0) is 40.5 Å². The molecule has 0 saturated carbocycles. The van der Waals surface area contributed by atoms with Gasteiger partial charge in [0.25, 0.3) is 5.91 Å². The Kier molecular flexibility index (Phi) is 5.16. The third-order valence-corrected chi connectivity index (χ3v) is 3.16. The normalized spacial score (nSPS) is 11.7. The van der Waals surface area contributed by atoms with Gasteiger partial charge in [-0.2, -0.15) is 0 Å². The Bertz CT molecular complexity index is 624. The lowest BCUT2D eigenvalue weighted by molar-refractivity contribution is -0.129. The van der Waals surface area contributed by atoms with Crippen molar-refractivity contribution in [1.29, 1.82) is 0 Å². The Morgan fingerprint density at radius 2 is 1.95 bits per heavy atom. The lowest BCUT2D eigenvalue weighted by Gasteiger charge is -2.12. The van der Waals surface area contributed by atoms with Crippen LogP contribution in [0, 0.1) is 0 Å². The Morgan fingerprint density at radius 1 is 1.24 bits per heavy atom. The maximum atomic E-state index is 11.9. The van der Waals surface area contributed by atoms with E-state index in [2.05, 4.69) is 21.2 Å². The molecule has 0 bridgehead atoms. The maximum Gasteiger partial charge on any atom is 0.375 e. The van der Waals surface area contributed by atoms with Gasteiger partial charge in [0, 0.05) is 6.54 Å². The van der Waals surface area contributed by atoms with E-state index in [9.17, 15) is 9.59 Å². The number of amides is 1. The van der Waals surface area contributed by atoms with Crippen LogP contribution < -0.4 is 5.32 Å². The van der Waals surface area contributed by atoms with E-state index in [1.807, 2.05) is 30.3 Å². The monoisotopic (exact) mass is 351 g/mol. The van der Waals surface area contributed by atoms with Crippen molar-refractivity contribution in [3.05, 3.63) is 58.5 Å². The van der Waals surface area contributed by atoms with Gasteiger partial charge in [0.15, 0.2) is 10.8 Å². The van der Waals surface area contributed by atoms with Gasteiger partial charge in [0.05, 0.1) is 0 Å². The van der Waals surface area contributed by atoms with Crippen LogP contribution in [0.5, 0.6) is 0 Å². The van der Waals surface area contributed by atoms with E-state index in [0.717, 1.165) is 5.56 Å². The Morgan fingerprint density at radius 3 is 2.57 bits per heavy atom. The molecule has 6 heteroatoms. The SMILES string of the molecule is CC(OC(=O)c1ccc(Br)o1)C(=O)NCc1ccccc1. The number of hydrogen-bond acceptors (Lipinski definition) is 4. The maximum absolute atomic E-state index is 11.9. The number of hydrogen-bond donors (Lipinski definition) is 1. The van der Waals surface area contributed by atoms with E-state index < -0.39 is 12.1 Å². The smallest absolute Gasteiger partial charge is 0.375 e. The van der Waals surface area contributed by atoms with Gasteiger partial charge in [0.1, 0.15) is 0 Å². The molecule has 0 aliphatic rings. The molecule has 110 valence electrons. The van der Waals surface area contributed by atoms with Crippen LogP contribution in [-0.2, 0) is 16.1 Å². The topological polar surface area (TPSA) is 68.5 Å². The second kappa shape index (κ2) is 7.08. The first kappa shape index (κ1) is 15.3. The number of esters is 1. The van der Waals surface area contributed by atoms with Crippen molar-refractivity contribution in [3.63, 3.8) is 0 Å². The summed E-state index contributed by atoms with van der Waals surface area (Å²) in [7, 11) is 0. The Labute approximate surface area is 130 Å². The van der Waals surface area contributed by atoms with Crippen molar-refractivity contribution in [1.82, 2.24) is 5.32 Å². The molecule has 0 fully saturated rings. The van der Waals surface area contributed by atoms with Gasteiger partial charge in [0.2, 0.25) is 5.76 Å². The van der Waals surface area contributed by atoms with Crippen molar-refractivity contribution in [2.24, 2.45) is 0 Å². The molecule has 2 rings (SSSR count). The summed E-state index contributed by atoms with van der Waals surface area (Å²) in [6.07, 6.45) is -0.898. The van der Waals surface area contributed by atoms with Gasteiger partial charge in [-0.25, -0.2) is 4.79 Å². The number of halogens is 1. The van der Waals surface area contributed by atoms with Gasteiger partial charge >= 0.3 is 5.97 Å². The zero-order valence-corrected chi connectivity index (χ0v) is 12.9. The molecule has 1 N–H and O–H groups in total. The first-order valence-electron chi connectivity index (χ1n) is 6.34. The molecule has 2 aromatic rings. The zero-order valence-electron chi connectivity index (χ0n) is 11.3. The number of carbonyl (C=O) groups is 2. The average molecular weight is 352 g/mol. The van der Waals surface area contributed by atoms with Gasteiger partial charge in [-0.15, -0.1) is 0 Å². The summed E-state index contributed by atoms with van der Waals surface area (Å²) in [6, 6.07) is 12.5. The zero-order chi connectivity index (χ0) is 15.2. The minimum Gasteiger partial charge on any atom is -0.447 e. The number of carbonyl (C=O) groups excluding carboxylic acids is 2. The highest BCUT2D eigenvalue weighted by Gasteiger charge is 2.20. The summed E-state index contributed by atoms with van der Waals surface area (Å²) in [5, 5.41) is 2.70. The summed E-state index contributed by atoms with van der Waals surface area (Å²) < 4.78 is 10.5. The highest BCUT2D eigenvalue weighted by atomic mass is 79.9.